The van der Waals surface area contributed by atoms with E-state index in [1.54, 1.807) is 7.11 Å². The van der Waals surface area contributed by atoms with Crippen LogP contribution in [0.25, 0.3) is 0 Å². The lowest BCUT2D eigenvalue weighted by Crippen LogP contribution is -2.43. The molecule has 2 aliphatic rings. The van der Waals surface area contributed by atoms with E-state index < -0.39 is 5.92 Å². The molecule has 1 fully saturated rings. The molecule has 2 aromatic carbocycles. The molecule has 0 bridgehead atoms. The van der Waals surface area contributed by atoms with E-state index in [9.17, 15) is 14.9 Å². The zero-order chi connectivity index (χ0) is 24.8. The number of allylic oxidation sites excluding steroid dienone is 1. The summed E-state index contributed by atoms with van der Waals surface area (Å²) in [6.07, 6.45) is 4.04. The van der Waals surface area contributed by atoms with Gasteiger partial charge in [0.25, 0.3) is 0 Å². The molecule has 0 spiro atoms. The van der Waals surface area contributed by atoms with Crippen molar-refractivity contribution in [1.82, 2.24) is 4.90 Å². The summed E-state index contributed by atoms with van der Waals surface area (Å²) in [5.74, 6) is -1.22. The van der Waals surface area contributed by atoms with Crippen molar-refractivity contribution in [2.45, 2.75) is 18.5 Å². The molecule has 5 atom stereocenters. The molecule has 1 unspecified atom stereocenters. The molecular weight excluding hydrogens is 442 g/mol. The molecule has 35 heavy (non-hydrogen) atoms. The molecular formula is C28H31N3O4. The van der Waals surface area contributed by atoms with Crippen LogP contribution in [0.3, 0.4) is 0 Å². The lowest BCUT2D eigenvalue weighted by molar-refractivity contribution is -0.121. The molecule has 1 saturated heterocycles. The van der Waals surface area contributed by atoms with E-state index in [4.69, 9.17) is 9.47 Å². The van der Waals surface area contributed by atoms with E-state index in [2.05, 4.69) is 11.0 Å². The lowest BCUT2D eigenvalue weighted by Gasteiger charge is -2.34. The Labute approximate surface area is 206 Å². The Kier molecular flexibility index (Phi) is 8.09. The number of rotatable bonds is 10. The van der Waals surface area contributed by atoms with Gasteiger partial charge in [0.2, 0.25) is 5.91 Å². The highest BCUT2D eigenvalue weighted by Crippen LogP contribution is 2.49. The fourth-order valence-corrected chi connectivity index (χ4v) is 5.69. The number of amides is 1. The molecule has 2 aliphatic heterocycles. The van der Waals surface area contributed by atoms with Crippen molar-refractivity contribution in [3.8, 4) is 6.07 Å². The standard InChI is InChI=1S/C28H31N3O4/c1-30-17-22(15-29)25(27(30)21(11-8-14-32)18-35-19-34-2)26-23-12-6-7-13-24(23)31(28(26)33)16-20-9-4-3-5-10-20/h3-14,21-22,25-27H,16-19H2,1-2H3/b11-8-/t21-,22-,25+,26?,27-/m1/s1. The number of anilines is 1. The fourth-order valence-electron chi connectivity index (χ4n) is 5.69. The number of carbonyl (C=O) groups is 2. The summed E-state index contributed by atoms with van der Waals surface area (Å²) in [5.41, 5.74) is 2.90. The number of aldehydes is 1. The Balaban J connectivity index is 1.73. The molecule has 7 nitrogen and oxygen atoms in total. The maximum absolute atomic E-state index is 14.0. The highest BCUT2D eigenvalue weighted by Gasteiger charge is 2.53. The van der Waals surface area contributed by atoms with E-state index >= 15 is 0 Å². The van der Waals surface area contributed by atoms with Crippen LogP contribution in [0, 0.1) is 29.1 Å². The monoisotopic (exact) mass is 473 g/mol. The maximum atomic E-state index is 14.0. The van der Waals surface area contributed by atoms with Gasteiger partial charge in [0.05, 0.1) is 31.1 Å². The highest BCUT2D eigenvalue weighted by atomic mass is 16.7. The number of likely N-dealkylation sites (tertiary alicyclic amines) is 1. The quantitative estimate of drug-likeness (QED) is 0.228. The van der Waals surface area contributed by atoms with E-state index in [-0.39, 0.29) is 36.5 Å². The summed E-state index contributed by atoms with van der Waals surface area (Å²) in [7, 11) is 3.53. The minimum absolute atomic E-state index is 0.0107. The minimum Gasteiger partial charge on any atom is -0.359 e. The number of methoxy groups -OCH3 is 1. The zero-order valence-electron chi connectivity index (χ0n) is 20.1. The van der Waals surface area contributed by atoms with Crippen molar-refractivity contribution in [3.63, 3.8) is 0 Å². The second kappa shape index (κ2) is 11.4. The first-order valence-corrected chi connectivity index (χ1v) is 11.8. The van der Waals surface area contributed by atoms with Crippen molar-refractivity contribution >= 4 is 17.9 Å². The van der Waals surface area contributed by atoms with E-state index in [1.807, 2.05) is 72.6 Å². The molecule has 2 aromatic rings. The lowest BCUT2D eigenvalue weighted by atomic mass is 9.73. The number of hydrogen-bond donors (Lipinski definition) is 0. The summed E-state index contributed by atoms with van der Waals surface area (Å²) >= 11 is 0. The number of ether oxygens (including phenoxy) is 2. The zero-order valence-corrected chi connectivity index (χ0v) is 20.1. The Hall–Kier alpha value is -3.31. The summed E-state index contributed by atoms with van der Waals surface area (Å²) < 4.78 is 10.7. The highest BCUT2D eigenvalue weighted by molar-refractivity contribution is 6.05. The van der Waals surface area contributed by atoms with Crippen LogP contribution < -0.4 is 4.90 Å². The van der Waals surface area contributed by atoms with Gasteiger partial charge in [0, 0.05) is 37.2 Å². The third-order valence-electron chi connectivity index (χ3n) is 7.07. The van der Waals surface area contributed by atoms with Crippen molar-refractivity contribution in [2.75, 3.05) is 39.0 Å². The van der Waals surface area contributed by atoms with E-state index in [0.29, 0.717) is 19.7 Å². The number of carbonyl (C=O) groups excluding carboxylic acids is 2. The average Bonchev–Trinajstić information content (AvgIpc) is 3.35. The normalized spacial score (nSPS) is 25.1. The third kappa shape index (κ3) is 5.06. The Morgan fingerprint density at radius 2 is 1.91 bits per heavy atom. The van der Waals surface area contributed by atoms with Crippen LogP contribution in [-0.4, -0.2) is 57.2 Å². The summed E-state index contributed by atoms with van der Waals surface area (Å²) in [4.78, 5) is 29.2. The van der Waals surface area contributed by atoms with Gasteiger partial charge in [0.1, 0.15) is 13.1 Å². The Bertz CT molecular complexity index is 1100. The molecule has 182 valence electrons. The van der Waals surface area contributed by atoms with Crippen LogP contribution in [0.1, 0.15) is 17.0 Å². The topological polar surface area (TPSA) is 82.9 Å². The predicted octanol–water partition coefficient (Wildman–Crippen LogP) is 3.38. The minimum atomic E-state index is -0.455. The number of nitriles is 1. The van der Waals surface area contributed by atoms with Gasteiger partial charge in [-0.1, -0.05) is 54.6 Å². The summed E-state index contributed by atoms with van der Waals surface area (Å²) in [6.45, 7) is 1.47. The first kappa shape index (κ1) is 24.8. The fraction of sp³-hybridized carbons (Fsp3) is 0.393. The number of hydrogen-bond acceptors (Lipinski definition) is 6. The van der Waals surface area contributed by atoms with Crippen LogP contribution in [0.15, 0.2) is 66.7 Å². The van der Waals surface area contributed by atoms with Gasteiger partial charge in [-0.3, -0.25) is 9.59 Å². The molecule has 7 heteroatoms. The first-order chi connectivity index (χ1) is 17.1. The molecule has 0 aliphatic carbocycles. The Morgan fingerprint density at radius 1 is 1.17 bits per heavy atom. The molecule has 2 heterocycles. The van der Waals surface area contributed by atoms with Gasteiger partial charge in [-0.25, -0.2) is 0 Å². The van der Waals surface area contributed by atoms with Gasteiger partial charge in [0.15, 0.2) is 0 Å². The number of benzene rings is 2. The predicted molar refractivity (Wildman–Crippen MR) is 132 cm³/mol. The van der Waals surface area contributed by atoms with Crippen LogP contribution in [0.2, 0.25) is 0 Å². The second-order valence-electron chi connectivity index (χ2n) is 9.15. The third-order valence-corrected chi connectivity index (χ3v) is 7.07. The number of para-hydroxylation sites is 1. The SMILES string of the molecule is COCOC[C@@H](/C=C\C=O)[C@@H]1[C@H](C2C(=O)N(Cc3ccccc3)c3ccccc32)[C@H](C#N)CN1C. The van der Waals surface area contributed by atoms with E-state index in [1.165, 1.54) is 6.08 Å². The van der Waals surface area contributed by atoms with Crippen LogP contribution in [0.4, 0.5) is 5.69 Å². The van der Waals surface area contributed by atoms with E-state index in [0.717, 1.165) is 23.1 Å². The molecule has 0 saturated carbocycles. The van der Waals surface area contributed by atoms with Crippen LogP contribution in [0.5, 0.6) is 0 Å². The molecule has 0 aromatic heterocycles. The van der Waals surface area contributed by atoms with Gasteiger partial charge >= 0.3 is 0 Å². The van der Waals surface area contributed by atoms with Crippen LogP contribution in [-0.2, 0) is 25.6 Å². The molecule has 0 radical (unpaired) electrons. The maximum Gasteiger partial charge on any atom is 0.235 e. The number of fused-ring (bicyclic) bond motifs is 1. The van der Waals surface area contributed by atoms with Gasteiger partial charge < -0.3 is 19.3 Å². The van der Waals surface area contributed by atoms with Crippen molar-refractivity contribution in [2.24, 2.45) is 17.8 Å². The van der Waals surface area contributed by atoms with Crippen LogP contribution >= 0.6 is 0 Å². The average molecular weight is 474 g/mol. The first-order valence-electron chi connectivity index (χ1n) is 11.8. The van der Waals surface area contributed by atoms with Gasteiger partial charge in [-0.05, 0) is 30.3 Å². The second-order valence-corrected chi connectivity index (χ2v) is 9.15. The Morgan fingerprint density at radius 3 is 2.63 bits per heavy atom. The largest absolute Gasteiger partial charge is 0.359 e. The van der Waals surface area contributed by atoms with Crippen molar-refractivity contribution in [3.05, 3.63) is 77.9 Å². The molecule has 1 amide bonds. The van der Waals surface area contributed by atoms with Crippen molar-refractivity contribution < 1.29 is 19.1 Å². The molecule has 4 rings (SSSR count). The summed E-state index contributed by atoms with van der Waals surface area (Å²) in [6, 6.07) is 20.1. The smallest absolute Gasteiger partial charge is 0.235 e. The number of nitrogens with zero attached hydrogens (tertiary/aromatic N) is 3. The molecule has 0 N–H and O–H groups in total. The van der Waals surface area contributed by atoms with Gasteiger partial charge in [-0.15, -0.1) is 0 Å². The van der Waals surface area contributed by atoms with Crippen molar-refractivity contribution in [1.29, 1.82) is 5.26 Å². The summed E-state index contributed by atoms with van der Waals surface area (Å²) in [5, 5.41) is 10.1. The van der Waals surface area contributed by atoms with Gasteiger partial charge in [-0.2, -0.15) is 5.26 Å².